The smallest absolute Gasteiger partial charge is 0.264 e. The van der Waals surface area contributed by atoms with Gasteiger partial charge in [0.05, 0.1) is 16.4 Å². The SMILES string of the molecule is O=S(=O)(Nc1cccc(C(O)=Cc2ccnc(Cl)n2)c1Cl)c1cc(F)ccc1F. The van der Waals surface area contributed by atoms with Gasteiger partial charge in [-0.3, -0.25) is 4.72 Å². The van der Waals surface area contributed by atoms with Crippen molar-refractivity contribution in [3.8, 4) is 0 Å². The Morgan fingerprint density at radius 2 is 1.90 bits per heavy atom. The Kier molecular flexibility index (Phi) is 6.02. The van der Waals surface area contributed by atoms with Crippen molar-refractivity contribution in [2.75, 3.05) is 4.72 Å². The molecule has 0 unspecified atom stereocenters. The fourth-order valence-electron chi connectivity index (χ4n) is 2.34. The Morgan fingerprint density at radius 3 is 2.62 bits per heavy atom. The number of aromatic nitrogens is 2. The van der Waals surface area contributed by atoms with Crippen molar-refractivity contribution in [2.24, 2.45) is 0 Å². The Hall–Kier alpha value is -2.75. The van der Waals surface area contributed by atoms with E-state index in [-0.39, 0.29) is 33.0 Å². The molecule has 1 heterocycles. The molecule has 0 saturated heterocycles. The lowest BCUT2D eigenvalue weighted by molar-refractivity contribution is 0.515. The van der Waals surface area contributed by atoms with E-state index in [1.54, 1.807) is 0 Å². The van der Waals surface area contributed by atoms with Gasteiger partial charge in [-0.15, -0.1) is 0 Å². The van der Waals surface area contributed by atoms with Gasteiger partial charge in [-0.2, -0.15) is 0 Å². The van der Waals surface area contributed by atoms with Crippen molar-refractivity contribution in [1.82, 2.24) is 9.97 Å². The van der Waals surface area contributed by atoms with Crippen LogP contribution in [0.25, 0.3) is 11.8 Å². The maximum atomic E-state index is 13.9. The second kappa shape index (κ2) is 8.32. The van der Waals surface area contributed by atoms with E-state index < -0.39 is 26.6 Å². The van der Waals surface area contributed by atoms with Crippen molar-refractivity contribution >= 4 is 50.7 Å². The molecule has 0 amide bonds. The molecule has 11 heteroatoms. The second-order valence-corrected chi connectivity index (χ2v) is 7.99. The molecule has 2 aromatic carbocycles. The number of halogens is 4. The van der Waals surface area contributed by atoms with Gasteiger partial charge in [-0.1, -0.05) is 17.7 Å². The summed E-state index contributed by atoms with van der Waals surface area (Å²) in [6, 6.07) is 7.67. The summed E-state index contributed by atoms with van der Waals surface area (Å²) < 4.78 is 54.2. The first kappa shape index (κ1) is 21.0. The number of nitrogens with one attached hydrogen (secondary N) is 1. The lowest BCUT2D eigenvalue weighted by Gasteiger charge is -2.13. The van der Waals surface area contributed by atoms with Gasteiger partial charge in [0, 0.05) is 17.8 Å². The van der Waals surface area contributed by atoms with Crippen LogP contribution in [0.5, 0.6) is 0 Å². The van der Waals surface area contributed by atoms with E-state index in [2.05, 4.69) is 14.7 Å². The minimum Gasteiger partial charge on any atom is -0.507 e. The van der Waals surface area contributed by atoms with Gasteiger partial charge in [0.2, 0.25) is 5.28 Å². The maximum Gasteiger partial charge on any atom is 0.264 e. The van der Waals surface area contributed by atoms with Crippen LogP contribution in [-0.4, -0.2) is 23.5 Å². The first-order chi connectivity index (χ1) is 13.7. The molecule has 0 bridgehead atoms. The Labute approximate surface area is 174 Å². The number of anilines is 1. The average Bonchev–Trinajstić information content (AvgIpc) is 2.65. The lowest BCUT2D eigenvalue weighted by Crippen LogP contribution is -2.15. The lowest BCUT2D eigenvalue weighted by atomic mass is 10.1. The minimum atomic E-state index is -4.48. The van der Waals surface area contributed by atoms with Gasteiger partial charge in [0.15, 0.2) is 0 Å². The summed E-state index contributed by atoms with van der Waals surface area (Å²) in [5.41, 5.74) is 0.209. The minimum absolute atomic E-state index is 0.0312. The number of hydrogen-bond acceptors (Lipinski definition) is 5. The molecule has 0 saturated carbocycles. The third-order valence-electron chi connectivity index (χ3n) is 3.63. The zero-order valence-electron chi connectivity index (χ0n) is 14.3. The second-order valence-electron chi connectivity index (χ2n) is 5.63. The van der Waals surface area contributed by atoms with Crippen molar-refractivity contribution in [3.05, 3.63) is 81.9 Å². The van der Waals surface area contributed by atoms with Crippen LogP contribution in [0, 0.1) is 11.6 Å². The van der Waals surface area contributed by atoms with Crippen LogP contribution in [0.3, 0.4) is 0 Å². The summed E-state index contributed by atoms with van der Waals surface area (Å²) in [7, 11) is -4.48. The van der Waals surface area contributed by atoms with Gasteiger partial charge < -0.3 is 5.11 Å². The van der Waals surface area contributed by atoms with Gasteiger partial charge in [-0.05, 0) is 48.0 Å². The predicted octanol–water partition coefficient (Wildman–Crippen LogP) is 4.92. The van der Waals surface area contributed by atoms with Crippen molar-refractivity contribution in [3.63, 3.8) is 0 Å². The van der Waals surface area contributed by atoms with Gasteiger partial charge in [-0.25, -0.2) is 27.2 Å². The quantitative estimate of drug-likeness (QED) is 0.419. The summed E-state index contributed by atoms with van der Waals surface area (Å²) in [6.07, 6.45) is 2.63. The Morgan fingerprint density at radius 1 is 1.14 bits per heavy atom. The molecule has 1 aromatic heterocycles. The Bertz CT molecular complexity index is 1220. The van der Waals surface area contributed by atoms with Crippen LogP contribution in [0.2, 0.25) is 10.3 Å². The topological polar surface area (TPSA) is 92.2 Å². The third-order valence-corrected chi connectivity index (χ3v) is 5.60. The molecule has 0 radical (unpaired) electrons. The Balaban J connectivity index is 1.98. The third kappa shape index (κ3) is 4.81. The molecule has 0 spiro atoms. The highest BCUT2D eigenvalue weighted by molar-refractivity contribution is 7.92. The zero-order valence-corrected chi connectivity index (χ0v) is 16.6. The molecule has 0 aliphatic carbocycles. The highest BCUT2D eigenvalue weighted by Crippen LogP contribution is 2.32. The van der Waals surface area contributed by atoms with E-state index in [4.69, 9.17) is 23.2 Å². The molecule has 0 aliphatic heterocycles. The van der Waals surface area contributed by atoms with Crippen molar-refractivity contribution in [2.45, 2.75) is 4.90 Å². The first-order valence-corrected chi connectivity index (χ1v) is 10.1. The number of aliphatic hydroxyl groups excluding tert-OH is 1. The molecule has 2 N–H and O–H groups in total. The summed E-state index contributed by atoms with van der Waals surface area (Å²) in [5, 5.41) is 10.2. The van der Waals surface area contributed by atoms with Crippen LogP contribution in [0.1, 0.15) is 11.3 Å². The standard InChI is InChI=1S/C18H11Cl2F2N3O3S/c19-17-12(15(26)9-11-6-7-23-18(20)24-11)2-1-3-14(17)25-29(27,28)16-8-10(21)4-5-13(16)22/h1-9,25-26H. The van der Waals surface area contributed by atoms with Crippen LogP contribution < -0.4 is 4.72 Å². The molecule has 0 atom stereocenters. The summed E-state index contributed by atoms with van der Waals surface area (Å²) in [5.74, 6) is -2.38. The molecular formula is C18H11Cl2F2N3O3S. The van der Waals surface area contributed by atoms with Crippen LogP contribution in [0.4, 0.5) is 14.5 Å². The maximum absolute atomic E-state index is 13.9. The van der Waals surface area contributed by atoms with Crippen LogP contribution >= 0.6 is 23.2 Å². The monoisotopic (exact) mass is 457 g/mol. The normalized spacial score (nSPS) is 12.1. The van der Waals surface area contributed by atoms with Crippen LogP contribution in [0.15, 0.2) is 53.6 Å². The van der Waals surface area contributed by atoms with Crippen molar-refractivity contribution in [1.29, 1.82) is 0 Å². The summed E-state index contributed by atoms with van der Waals surface area (Å²) in [6.45, 7) is 0. The molecule has 3 rings (SSSR count). The number of nitrogens with zero attached hydrogens (tertiary/aromatic N) is 2. The fraction of sp³-hybridized carbons (Fsp3) is 0. The number of aliphatic hydroxyl groups is 1. The van der Waals surface area contributed by atoms with Gasteiger partial charge in [0.25, 0.3) is 10.0 Å². The molecule has 3 aromatic rings. The number of benzene rings is 2. The van der Waals surface area contributed by atoms with E-state index in [0.29, 0.717) is 12.1 Å². The molecule has 6 nitrogen and oxygen atoms in total. The number of hydrogen-bond donors (Lipinski definition) is 2. The molecule has 0 aliphatic rings. The first-order valence-electron chi connectivity index (χ1n) is 7.83. The van der Waals surface area contributed by atoms with E-state index in [0.717, 1.165) is 6.07 Å². The summed E-state index contributed by atoms with van der Waals surface area (Å²) >= 11 is 11.9. The molecule has 150 valence electrons. The van der Waals surface area contributed by atoms with Crippen LogP contribution in [-0.2, 0) is 10.0 Å². The number of rotatable bonds is 5. The molecular weight excluding hydrogens is 447 g/mol. The van der Waals surface area contributed by atoms with Gasteiger partial charge >= 0.3 is 0 Å². The molecule has 29 heavy (non-hydrogen) atoms. The van der Waals surface area contributed by atoms with E-state index in [1.165, 1.54) is 36.5 Å². The summed E-state index contributed by atoms with van der Waals surface area (Å²) in [4.78, 5) is 6.73. The van der Waals surface area contributed by atoms with E-state index in [1.807, 2.05) is 0 Å². The largest absolute Gasteiger partial charge is 0.507 e. The zero-order chi connectivity index (χ0) is 21.2. The predicted molar refractivity (Wildman–Crippen MR) is 106 cm³/mol. The number of sulfonamides is 1. The average molecular weight is 458 g/mol. The van der Waals surface area contributed by atoms with Gasteiger partial charge in [0.1, 0.15) is 22.3 Å². The molecule has 0 fully saturated rings. The highest BCUT2D eigenvalue weighted by Gasteiger charge is 2.22. The van der Waals surface area contributed by atoms with Crippen molar-refractivity contribution < 1.29 is 22.3 Å². The highest BCUT2D eigenvalue weighted by atomic mass is 35.5. The van der Waals surface area contributed by atoms with E-state index in [9.17, 15) is 22.3 Å². The fourth-order valence-corrected chi connectivity index (χ4v) is 3.98. The van der Waals surface area contributed by atoms with E-state index >= 15 is 0 Å².